The highest BCUT2D eigenvalue weighted by Crippen LogP contribution is 2.26. The van der Waals surface area contributed by atoms with Gasteiger partial charge in [-0.15, -0.1) is 10.2 Å². The Kier molecular flexibility index (Phi) is 3.89. The van der Waals surface area contributed by atoms with Crippen molar-refractivity contribution in [3.05, 3.63) is 24.7 Å². The quantitative estimate of drug-likeness (QED) is 0.941. The van der Waals surface area contributed by atoms with E-state index in [4.69, 9.17) is 0 Å². The molecule has 2 fully saturated rings. The summed E-state index contributed by atoms with van der Waals surface area (Å²) in [5, 5.41) is 11.6. The molecular formula is C17H23N5O. The molecular weight excluding hydrogens is 290 g/mol. The zero-order valence-electron chi connectivity index (χ0n) is 13.3. The van der Waals surface area contributed by atoms with Gasteiger partial charge in [0.05, 0.1) is 5.52 Å². The van der Waals surface area contributed by atoms with Crippen LogP contribution >= 0.6 is 0 Å². The van der Waals surface area contributed by atoms with Crippen molar-refractivity contribution in [3.8, 4) is 0 Å². The first-order valence-electron chi connectivity index (χ1n) is 8.65. The van der Waals surface area contributed by atoms with Crippen molar-refractivity contribution in [3.63, 3.8) is 0 Å². The number of hydrogen-bond acceptors (Lipinski definition) is 4. The van der Waals surface area contributed by atoms with E-state index < -0.39 is 0 Å². The molecule has 6 nitrogen and oxygen atoms in total. The van der Waals surface area contributed by atoms with Crippen LogP contribution in [0.2, 0.25) is 0 Å². The molecule has 6 heteroatoms. The second kappa shape index (κ2) is 6.18. The fourth-order valence-electron chi connectivity index (χ4n) is 3.84. The minimum Gasteiger partial charge on any atom is -0.353 e. The molecule has 2 aromatic heterocycles. The van der Waals surface area contributed by atoms with Gasteiger partial charge in [0.1, 0.15) is 6.33 Å². The molecule has 1 saturated heterocycles. The number of fused-ring (bicyclic) bond motifs is 1. The van der Waals surface area contributed by atoms with Crippen molar-refractivity contribution in [2.45, 2.75) is 44.6 Å². The third kappa shape index (κ3) is 2.90. The van der Waals surface area contributed by atoms with Crippen LogP contribution in [-0.4, -0.2) is 39.6 Å². The Morgan fingerprint density at radius 2 is 1.96 bits per heavy atom. The molecule has 2 aliphatic rings. The van der Waals surface area contributed by atoms with Crippen molar-refractivity contribution < 1.29 is 4.79 Å². The predicted molar refractivity (Wildman–Crippen MR) is 88.3 cm³/mol. The Hall–Kier alpha value is -2.11. The molecule has 1 amide bonds. The first kappa shape index (κ1) is 14.5. The Morgan fingerprint density at radius 1 is 1.17 bits per heavy atom. The lowest BCUT2D eigenvalue weighted by atomic mass is 9.95. The van der Waals surface area contributed by atoms with Crippen LogP contribution in [0.25, 0.3) is 5.52 Å². The van der Waals surface area contributed by atoms with Gasteiger partial charge in [0, 0.05) is 31.2 Å². The van der Waals surface area contributed by atoms with Crippen molar-refractivity contribution >= 4 is 17.2 Å². The summed E-state index contributed by atoms with van der Waals surface area (Å²) in [4.78, 5) is 14.7. The number of nitrogens with one attached hydrogen (secondary N) is 1. The van der Waals surface area contributed by atoms with Crippen LogP contribution in [0.3, 0.4) is 0 Å². The summed E-state index contributed by atoms with van der Waals surface area (Å²) in [5.74, 6) is 1.32. The molecule has 0 bridgehead atoms. The SMILES string of the molecule is O=C(NC1CCCC1)C1CCN(c2nncn3cccc23)CC1. The summed E-state index contributed by atoms with van der Waals surface area (Å²) < 4.78 is 1.99. The highest BCUT2D eigenvalue weighted by atomic mass is 16.1. The molecule has 1 aliphatic carbocycles. The summed E-state index contributed by atoms with van der Waals surface area (Å²) in [5.41, 5.74) is 1.08. The molecule has 23 heavy (non-hydrogen) atoms. The van der Waals surface area contributed by atoms with Crippen LogP contribution in [0, 0.1) is 5.92 Å². The molecule has 2 aromatic rings. The van der Waals surface area contributed by atoms with E-state index in [-0.39, 0.29) is 11.8 Å². The number of piperidine rings is 1. The number of nitrogens with zero attached hydrogens (tertiary/aromatic N) is 4. The number of anilines is 1. The van der Waals surface area contributed by atoms with Gasteiger partial charge in [-0.25, -0.2) is 0 Å². The second-order valence-electron chi connectivity index (χ2n) is 6.71. The fourth-order valence-corrected chi connectivity index (χ4v) is 3.84. The highest BCUT2D eigenvalue weighted by molar-refractivity contribution is 5.79. The van der Waals surface area contributed by atoms with Crippen LogP contribution in [0.15, 0.2) is 24.7 Å². The predicted octanol–water partition coefficient (Wildman–Crippen LogP) is 2.00. The fraction of sp³-hybridized carbons (Fsp3) is 0.588. The van der Waals surface area contributed by atoms with E-state index in [2.05, 4.69) is 26.5 Å². The topological polar surface area (TPSA) is 62.5 Å². The van der Waals surface area contributed by atoms with Gasteiger partial charge in [0.2, 0.25) is 5.91 Å². The maximum atomic E-state index is 12.4. The molecule has 3 heterocycles. The third-order valence-corrected chi connectivity index (χ3v) is 5.20. The van der Waals surface area contributed by atoms with Gasteiger partial charge in [-0.1, -0.05) is 12.8 Å². The van der Waals surface area contributed by atoms with E-state index in [1.807, 2.05) is 16.7 Å². The zero-order valence-corrected chi connectivity index (χ0v) is 13.3. The Balaban J connectivity index is 1.39. The van der Waals surface area contributed by atoms with E-state index in [0.29, 0.717) is 6.04 Å². The summed E-state index contributed by atoms with van der Waals surface area (Å²) in [6.45, 7) is 1.73. The summed E-state index contributed by atoms with van der Waals surface area (Å²) >= 11 is 0. The summed E-state index contributed by atoms with van der Waals surface area (Å²) in [6.07, 6.45) is 10.3. The van der Waals surface area contributed by atoms with Gasteiger partial charge in [-0.2, -0.15) is 0 Å². The minimum absolute atomic E-state index is 0.145. The van der Waals surface area contributed by atoms with E-state index >= 15 is 0 Å². The standard InChI is InChI=1S/C17H23N5O/c23-17(19-14-4-1-2-5-14)13-7-10-21(11-8-13)16-15-6-3-9-22(15)12-18-20-16/h3,6,9,12-14H,1-2,4-5,7-8,10-11H2,(H,19,23). The smallest absolute Gasteiger partial charge is 0.223 e. The lowest BCUT2D eigenvalue weighted by molar-refractivity contribution is -0.126. The molecule has 1 N–H and O–H groups in total. The maximum absolute atomic E-state index is 12.4. The van der Waals surface area contributed by atoms with Gasteiger partial charge >= 0.3 is 0 Å². The van der Waals surface area contributed by atoms with Gasteiger partial charge in [0.25, 0.3) is 0 Å². The van der Waals surface area contributed by atoms with E-state index in [9.17, 15) is 4.79 Å². The van der Waals surface area contributed by atoms with Crippen LogP contribution in [0.5, 0.6) is 0 Å². The van der Waals surface area contributed by atoms with Gasteiger partial charge in [-0.05, 0) is 37.8 Å². The maximum Gasteiger partial charge on any atom is 0.223 e. The highest BCUT2D eigenvalue weighted by Gasteiger charge is 2.28. The lowest BCUT2D eigenvalue weighted by Gasteiger charge is -2.32. The van der Waals surface area contributed by atoms with Crippen molar-refractivity contribution in [1.82, 2.24) is 19.9 Å². The molecule has 4 rings (SSSR count). The van der Waals surface area contributed by atoms with E-state index in [1.165, 1.54) is 12.8 Å². The lowest BCUT2D eigenvalue weighted by Crippen LogP contribution is -2.43. The normalized spacial score (nSPS) is 20.3. The van der Waals surface area contributed by atoms with Gasteiger partial charge in [0.15, 0.2) is 5.82 Å². The number of aromatic nitrogens is 3. The molecule has 0 unspecified atom stereocenters. The number of carbonyl (C=O) groups is 1. The Bertz CT molecular complexity index is 683. The second-order valence-corrected chi connectivity index (χ2v) is 6.71. The van der Waals surface area contributed by atoms with Gasteiger partial charge < -0.3 is 14.6 Å². The van der Waals surface area contributed by atoms with Crippen molar-refractivity contribution in [2.24, 2.45) is 5.92 Å². The van der Waals surface area contributed by atoms with Crippen molar-refractivity contribution in [2.75, 3.05) is 18.0 Å². The van der Waals surface area contributed by atoms with Crippen LogP contribution in [0.1, 0.15) is 38.5 Å². The first-order chi connectivity index (χ1) is 11.3. The molecule has 1 aliphatic heterocycles. The third-order valence-electron chi connectivity index (χ3n) is 5.20. The van der Waals surface area contributed by atoms with Crippen LogP contribution in [0.4, 0.5) is 5.82 Å². The number of hydrogen-bond donors (Lipinski definition) is 1. The zero-order chi connectivity index (χ0) is 15.6. The van der Waals surface area contributed by atoms with E-state index in [0.717, 1.165) is 50.1 Å². The first-order valence-corrected chi connectivity index (χ1v) is 8.65. The average Bonchev–Trinajstić information content (AvgIpc) is 3.25. The summed E-state index contributed by atoms with van der Waals surface area (Å²) in [6, 6.07) is 4.48. The average molecular weight is 313 g/mol. The number of amides is 1. The molecule has 0 radical (unpaired) electrons. The van der Waals surface area contributed by atoms with Crippen LogP contribution in [-0.2, 0) is 4.79 Å². The number of rotatable bonds is 3. The molecule has 1 saturated carbocycles. The monoisotopic (exact) mass is 313 g/mol. The van der Waals surface area contributed by atoms with Crippen LogP contribution < -0.4 is 10.2 Å². The summed E-state index contributed by atoms with van der Waals surface area (Å²) in [7, 11) is 0. The van der Waals surface area contributed by atoms with E-state index in [1.54, 1.807) is 6.33 Å². The largest absolute Gasteiger partial charge is 0.353 e. The molecule has 122 valence electrons. The minimum atomic E-state index is 0.145. The van der Waals surface area contributed by atoms with Crippen molar-refractivity contribution in [1.29, 1.82) is 0 Å². The Labute approximate surface area is 135 Å². The molecule has 0 spiro atoms. The molecule has 0 atom stereocenters. The number of carbonyl (C=O) groups excluding carboxylic acids is 1. The molecule has 0 aromatic carbocycles. The van der Waals surface area contributed by atoms with Gasteiger partial charge in [-0.3, -0.25) is 4.79 Å². The Morgan fingerprint density at radius 3 is 2.74 bits per heavy atom.